The summed E-state index contributed by atoms with van der Waals surface area (Å²) < 4.78 is 5.96. The molecule has 0 aliphatic carbocycles. The average Bonchev–Trinajstić information content (AvgIpc) is 2.87. The maximum Gasteiger partial charge on any atom is 0.214 e. The zero-order valence-electron chi connectivity index (χ0n) is 18.8. The van der Waals surface area contributed by atoms with Crippen LogP contribution in [-0.4, -0.2) is 24.1 Å². The number of hydrogen-bond acceptors (Lipinski definition) is 4. The second-order valence-corrected chi connectivity index (χ2v) is 8.16. The largest absolute Gasteiger partial charge is 0.473 e. The molecule has 2 aromatic heterocycles. The molecule has 0 amide bonds. The van der Waals surface area contributed by atoms with Crippen LogP contribution >= 0.6 is 0 Å². The van der Waals surface area contributed by atoms with E-state index in [1.54, 1.807) is 0 Å². The van der Waals surface area contributed by atoms with Crippen molar-refractivity contribution in [3.05, 3.63) is 109 Å². The van der Waals surface area contributed by atoms with Crippen molar-refractivity contribution >= 4 is 16.6 Å². The molecular formula is C29H25N3O. The number of ether oxygens (including phenoxy) is 1. The lowest BCUT2D eigenvalue weighted by molar-refractivity contribution is 0.295. The summed E-state index contributed by atoms with van der Waals surface area (Å²) in [5.74, 6) is 0.636. The highest BCUT2D eigenvalue weighted by molar-refractivity contribution is 5.92. The number of hydrogen-bond donors (Lipinski definition) is 0. The van der Waals surface area contributed by atoms with Crippen LogP contribution in [0.5, 0.6) is 5.88 Å². The molecule has 2 heterocycles. The van der Waals surface area contributed by atoms with Gasteiger partial charge in [0.05, 0.1) is 5.52 Å². The van der Waals surface area contributed by atoms with Gasteiger partial charge in [-0.15, -0.1) is 0 Å². The summed E-state index contributed by atoms with van der Waals surface area (Å²) in [5, 5.41) is 1.11. The Morgan fingerprint density at radius 2 is 1.52 bits per heavy atom. The lowest BCUT2D eigenvalue weighted by Gasteiger charge is -2.21. The summed E-state index contributed by atoms with van der Waals surface area (Å²) in [6.45, 7) is 0.473. The summed E-state index contributed by atoms with van der Waals surface area (Å²) in [5.41, 5.74) is 7.92. The third-order valence-electron chi connectivity index (χ3n) is 5.72. The Bertz CT molecular complexity index is 1380. The maximum atomic E-state index is 5.96. The molecule has 0 unspecified atom stereocenters. The predicted octanol–water partition coefficient (Wildman–Crippen LogP) is 6.61. The Morgan fingerprint density at radius 1 is 0.727 bits per heavy atom. The number of pyridine rings is 2. The molecule has 162 valence electrons. The van der Waals surface area contributed by atoms with E-state index < -0.39 is 0 Å². The van der Waals surface area contributed by atoms with Crippen LogP contribution in [0.1, 0.15) is 5.56 Å². The zero-order chi connectivity index (χ0) is 22.6. The lowest BCUT2D eigenvalue weighted by Crippen LogP contribution is -2.10. The molecule has 0 atom stereocenters. The highest BCUT2D eigenvalue weighted by Gasteiger charge is 2.14. The standard InChI is InChI=1S/C29H25N3O/c1-32(2)27-9-5-7-25(29(27)24-16-18-30-19-17-24)22-12-10-21(11-13-22)20-33-28-15-14-23-6-3-4-8-26(23)31-28/h3-19H,20H2,1-2H3. The van der Waals surface area contributed by atoms with Gasteiger partial charge in [0, 0.05) is 49.2 Å². The first-order chi connectivity index (χ1) is 16.2. The fourth-order valence-corrected chi connectivity index (χ4v) is 4.04. The number of benzene rings is 3. The number of fused-ring (bicyclic) bond motifs is 1. The summed E-state index contributed by atoms with van der Waals surface area (Å²) in [4.78, 5) is 10.9. The van der Waals surface area contributed by atoms with Crippen LogP contribution in [0.3, 0.4) is 0 Å². The van der Waals surface area contributed by atoms with E-state index >= 15 is 0 Å². The third kappa shape index (κ3) is 4.41. The maximum absolute atomic E-state index is 5.96. The van der Waals surface area contributed by atoms with Crippen LogP contribution in [0.25, 0.3) is 33.2 Å². The molecule has 0 bridgehead atoms. The van der Waals surface area contributed by atoms with Crippen molar-refractivity contribution in [3.8, 4) is 28.1 Å². The first-order valence-electron chi connectivity index (χ1n) is 11.0. The van der Waals surface area contributed by atoms with Gasteiger partial charge in [-0.05, 0) is 52.6 Å². The van der Waals surface area contributed by atoms with Gasteiger partial charge in [-0.3, -0.25) is 4.98 Å². The van der Waals surface area contributed by atoms with Gasteiger partial charge in [0.1, 0.15) is 6.61 Å². The Morgan fingerprint density at radius 3 is 2.30 bits per heavy atom. The Balaban J connectivity index is 1.41. The number of para-hydroxylation sites is 1. The molecule has 5 aromatic rings. The molecule has 0 saturated heterocycles. The van der Waals surface area contributed by atoms with Crippen LogP contribution in [-0.2, 0) is 6.61 Å². The van der Waals surface area contributed by atoms with Crippen LogP contribution in [0.4, 0.5) is 5.69 Å². The molecule has 0 fully saturated rings. The van der Waals surface area contributed by atoms with E-state index in [0.29, 0.717) is 12.5 Å². The monoisotopic (exact) mass is 431 g/mol. The minimum absolute atomic E-state index is 0.473. The molecule has 4 heteroatoms. The zero-order valence-corrected chi connectivity index (χ0v) is 18.8. The molecule has 0 aliphatic heterocycles. The van der Waals surface area contributed by atoms with E-state index in [4.69, 9.17) is 4.74 Å². The number of anilines is 1. The van der Waals surface area contributed by atoms with Gasteiger partial charge >= 0.3 is 0 Å². The van der Waals surface area contributed by atoms with Crippen molar-refractivity contribution < 1.29 is 4.74 Å². The van der Waals surface area contributed by atoms with Crippen LogP contribution in [0.15, 0.2) is 103 Å². The minimum Gasteiger partial charge on any atom is -0.473 e. The van der Waals surface area contributed by atoms with Crippen molar-refractivity contribution in [2.45, 2.75) is 6.61 Å². The second kappa shape index (κ2) is 9.13. The molecule has 33 heavy (non-hydrogen) atoms. The molecule has 0 spiro atoms. The molecule has 0 N–H and O–H groups in total. The molecule has 0 radical (unpaired) electrons. The Hall–Kier alpha value is -4.18. The quantitative estimate of drug-likeness (QED) is 0.303. The Kier molecular flexibility index (Phi) is 5.73. The first-order valence-corrected chi connectivity index (χ1v) is 11.0. The van der Waals surface area contributed by atoms with E-state index in [2.05, 4.69) is 89.6 Å². The molecule has 0 aliphatic rings. The van der Waals surface area contributed by atoms with E-state index in [1.165, 1.54) is 16.8 Å². The summed E-state index contributed by atoms with van der Waals surface area (Å²) in [6.07, 6.45) is 3.68. The molecule has 3 aromatic carbocycles. The highest BCUT2D eigenvalue weighted by Crippen LogP contribution is 2.38. The normalized spacial score (nSPS) is 10.8. The highest BCUT2D eigenvalue weighted by atomic mass is 16.5. The van der Waals surface area contributed by atoms with Gasteiger partial charge < -0.3 is 9.64 Å². The predicted molar refractivity (Wildman–Crippen MR) is 136 cm³/mol. The summed E-state index contributed by atoms with van der Waals surface area (Å²) >= 11 is 0. The van der Waals surface area contributed by atoms with Crippen LogP contribution in [0, 0.1) is 0 Å². The SMILES string of the molecule is CN(C)c1cccc(-c2ccc(COc3ccc4ccccc4n3)cc2)c1-c1ccncc1. The van der Waals surface area contributed by atoms with Crippen LogP contribution < -0.4 is 9.64 Å². The van der Waals surface area contributed by atoms with E-state index in [0.717, 1.165) is 27.6 Å². The van der Waals surface area contributed by atoms with Crippen molar-refractivity contribution in [3.63, 3.8) is 0 Å². The topological polar surface area (TPSA) is 38.2 Å². The first kappa shape index (κ1) is 20.7. The fraction of sp³-hybridized carbons (Fsp3) is 0.103. The minimum atomic E-state index is 0.473. The van der Waals surface area contributed by atoms with Crippen molar-refractivity contribution in [1.29, 1.82) is 0 Å². The van der Waals surface area contributed by atoms with Gasteiger partial charge in [-0.1, -0.05) is 54.6 Å². The molecular weight excluding hydrogens is 406 g/mol. The number of nitrogens with zero attached hydrogens (tertiary/aromatic N) is 3. The second-order valence-electron chi connectivity index (χ2n) is 8.16. The number of rotatable bonds is 6. The van der Waals surface area contributed by atoms with Gasteiger partial charge in [0.25, 0.3) is 0 Å². The molecule has 0 saturated carbocycles. The van der Waals surface area contributed by atoms with E-state index in [9.17, 15) is 0 Å². The van der Waals surface area contributed by atoms with Gasteiger partial charge in [-0.2, -0.15) is 0 Å². The lowest BCUT2D eigenvalue weighted by atomic mass is 9.92. The van der Waals surface area contributed by atoms with Crippen molar-refractivity contribution in [2.24, 2.45) is 0 Å². The summed E-state index contributed by atoms with van der Waals surface area (Å²) in [7, 11) is 4.15. The van der Waals surface area contributed by atoms with E-state index in [-0.39, 0.29) is 0 Å². The third-order valence-corrected chi connectivity index (χ3v) is 5.72. The average molecular weight is 432 g/mol. The van der Waals surface area contributed by atoms with Gasteiger partial charge in [-0.25, -0.2) is 4.98 Å². The molecule has 5 rings (SSSR count). The van der Waals surface area contributed by atoms with Crippen molar-refractivity contribution in [1.82, 2.24) is 9.97 Å². The number of aromatic nitrogens is 2. The Labute approximate surface area is 194 Å². The fourth-order valence-electron chi connectivity index (χ4n) is 4.04. The smallest absolute Gasteiger partial charge is 0.214 e. The van der Waals surface area contributed by atoms with Crippen LogP contribution in [0.2, 0.25) is 0 Å². The molecule has 4 nitrogen and oxygen atoms in total. The summed E-state index contributed by atoms with van der Waals surface area (Å²) in [6, 6.07) is 31.1. The van der Waals surface area contributed by atoms with Gasteiger partial charge in [0.2, 0.25) is 5.88 Å². The van der Waals surface area contributed by atoms with Gasteiger partial charge in [0.15, 0.2) is 0 Å². The van der Waals surface area contributed by atoms with Crippen molar-refractivity contribution in [2.75, 3.05) is 19.0 Å². The van der Waals surface area contributed by atoms with E-state index in [1.807, 2.05) is 42.7 Å².